The highest BCUT2D eigenvalue weighted by Gasteiger charge is 2.41. The molecule has 3 fully saturated rings. The lowest BCUT2D eigenvalue weighted by Crippen LogP contribution is -2.47. The Kier molecular flexibility index (Phi) is 4.29. The summed E-state index contributed by atoms with van der Waals surface area (Å²) in [5, 5.41) is 6.17. The topological polar surface area (TPSA) is 71.3 Å². The molecule has 2 atom stereocenters. The van der Waals surface area contributed by atoms with Crippen molar-refractivity contribution < 1.29 is 9.59 Å². The Balaban J connectivity index is 1.48. The van der Waals surface area contributed by atoms with Gasteiger partial charge in [0, 0.05) is 30.7 Å². The molecule has 5 rings (SSSR count). The van der Waals surface area contributed by atoms with Gasteiger partial charge in [-0.3, -0.25) is 14.3 Å². The van der Waals surface area contributed by atoms with Gasteiger partial charge in [0.25, 0.3) is 0 Å². The van der Waals surface area contributed by atoms with Gasteiger partial charge in [-0.2, -0.15) is 5.10 Å². The summed E-state index contributed by atoms with van der Waals surface area (Å²) in [4.78, 5) is 33.6. The Hall–Kier alpha value is -2.22. The summed E-state index contributed by atoms with van der Waals surface area (Å²) in [6, 6.07) is 0.0799. The van der Waals surface area contributed by atoms with Crippen molar-refractivity contribution in [1.29, 1.82) is 0 Å². The van der Waals surface area contributed by atoms with Crippen molar-refractivity contribution in [3.63, 3.8) is 0 Å². The molecule has 2 aromatic heterocycles. The summed E-state index contributed by atoms with van der Waals surface area (Å²) < 4.78 is 1.67. The van der Waals surface area contributed by atoms with Crippen LogP contribution < -0.4 is 0 Å². The SMILES string of the molecule is Cc1cnn(CC(=O)N2C[C@H]3CC[C@@H](C2)N(Cc2cscn2)C3=O)c1. The molecule has 0 aliphatic carbocycles. The third-order valence-electron chi connectivity index (χ3n) is 5.02. The van der Waals surface area contributed by atoms with Crippen molar-refractivity contribution in [1.82, 2.24) is 24.6 Å². The van der Waals surface area contributed by atoms with E-state index in [0.717, 1.165) is 24.1 Å². The largest absolute Gasteiger partial charge is 0.338 e. The van der Waals surface area contributed by atoms with E-state index in [1.54, 1.807) is 16.4 Å². The first-order valence-electron chi connectivity index (χ1n) is 8.54. The predicted molar refractivity (Wildman–Crippen MR) is 92.7 cm³/mol. The van der Waals surface area contributed by atoms with E-state index in [-0.39, 0.29) is 30.3 Å². The number of carbonyl (C=O) groups excluding carboxylic acids is 2. The minimum Gasteiger partial charge on any atom is -0.338 e. The van der Waals surface area contributed by atoms with Crippen molar-refractivity contribution in [2.75, 3.05) is 13.1 Å². The van der Waals surface area contributed by atoms with Gasteiger partial charge in [-0.05, 0) is 25.3 Å². The van der Waals surface area contributed by atoms with Gasteiger partial charge >= 0.3 is 0 Å². The van der Waals surface area contributed by atoms with Gasteiger partial charge in [0.1, 0.15) is 6.54 Å². The number of aromatic nitrogens is 3. The van der Waals surface area contributed by atoms with E-state index < -0.39 is 0 Å². The zero-order valence-corrected chi connectivity index (χ0v) is 15.0. The monoisotopic (exact) mass is 359 g/mol. The quantitative estimate of drug-likeness (QED) is 0.825. The molecule has 3 aliphatic heterocycles. The molecule has 0 spiro atoms. The first kappa shape index (κ1) is 16.3. The molecule has 2 bridgehead atoms. The molecule has 0 radical (unpaired) electrons. The second-order valence-electron chi connectivity index (χ2n) is 6.89. The van der Waals surface area contributed by atoms with E-state index >= 15 is 0 Å². The molecule has 0 N–H and O–H groups in total. The summed E-state index contributed by atoms with van der Waals surface area (Å²) in [5.74, 6) is 0.0958. The lowest BCUT2D eigenvalue weighted by Gasteiger charge is -2.35. The molecule has 0 aromatic carbocycles. The highest BCUT2D eigenvalue weighted by Crippen LogP contribution is 2.30. The molecule has 2 amide bonds. The van der Waals surface area contributed by atoms with E-state index in [2.05, 4.69) is 10.1 Å². The van der Waals surface area contributed by atoms with Crippen LogP contribution in [0, 0.1) is 12.8 Å². The first-order chi connectivity index (χ1) is 12.1. The van der Waals surface area contributed by atoms with Gasteiger partial charge in [0.15, 0.2) is 0 Å². The van der Waals surface area contributed by atoms with E-state index in [4.69, 9.17) is 0 Å². The van der Waals surface area contributed by atoms with Gasteiger partial charge < -0.3 is 9.80 Å². The molecule has 5 heterocycles. The molecule has 3 aliphatic rings. The summed E-state index contributed by atoms with van der Waals surface area (Å²) in [6.07, 6.45) is 5.43. The van der Waals surface area contributed by atoms with Crippen LogP contribution in [0.3, 0.4) is 0 Å². The van der Waals surface area contributed by atoms with Crippen molar-refractivity contribution in [3.05, 3.63) is 34.5 Å². The van der Waals surface area contributed by atoms with Crippen LogP contribution in [0.4, 0.5) is 0 Å². The summed E-state index contributed by atoms with van der Waals surface area (Å²) >= 11 is 1.54. The van der Waals surface area contributed by atoms with Gasteiger partial charge in [-0.1, -0.05) is 0 Å². The maximum Gasteiger partial charge on any atom is 0.244 e. The van der Waals surface area contributed by atoms with Crippen LogP contribution in [0.2, 0.25) is 0 Å². The molecule has 0 saturated carbocycles. The maximum atomic E-state index is 12.8. The second kappa shape index (κ2) is 6.59. The fraction of sp³-hybridized carbons (Fsp3) is 0.529. The minimum absolute atomic E-state index is 0.0308. The number of carbonyl (C=O) groups is 2. The standard InChI is InChI=1S/C17H21N5O2S/c1-12-4-19-21(5-12)9-16(23)20-6-13-2-3-15(8-20)22(17(13)24)7-14-10-25-11-18-14/h4-5,10-11,13,15H,2-3,6-9H2,1H3/t13-,15+/m1/s1. The molecular formula is C17H21N5O2S. The first-order valence-corrected chi connectivity index (χ1v) is 9.49. The van der Waals surface area contributed by atoms with Crippen LogP contribution in [-0.2, 0) is 22.7 Å². The van der Waals surface area contributed by atoms with Crippen LogP contribution in [0.15, 0.2) is 23.3 Å². The van der Waals surface area contributed by atoms with Crippen molar-refractivity contribution in [3.8, 4) is 0 Å². The summed E-state index contributed by atoms with van der Waals surface area (Å²) in [6.45, 7) is 3.85. The summed E-state index contributed by atoms with van der Waals surface area (Å²) in [5.41, 5.74) is 3.75. The van der Waals surface area contributed by atoms with Crippen LogP contribution in [0.25, 0.3) is 0 Å². The third kappa shape index (κ3) is 3.30. The Morgan fingerprint density at radius 3 is 2.96 bits per heavy atom. The number of hydrogen-bond acceptors (Lipinski definition) is 5. The van der Waals surface area contributed by atoms with Gasteiger partial charge in [0.2, 0.25) is 11.8 Å². The van der Waals surface area contributed by atoms with Gasteiger partial charge in [-0.15, -0.1) is 11.3 Å². The van der Waals surface area contributed by atoms with Crippen LogP contribution in [0.1, 0.15) is 24.1 Å². The zero-order valence-electron chi connectivity index (χ0n) is 14.2. The number of rotatable bonds is 4. The number of hydrogen-bond donors (Lipinski definition) is 0. The maximum absolute atomic E-state index is 12.8. The van der Waals surface area contributed by atoms with Crippen LogP contribution in [-0.4, -0.2) is 55.5 Å². The highest BCUT2D eigenvalue weighted by atomic mass is 32.1. The fourth-order valence-electron chi connectivity index (χ4n) is 3.73. The molecule has 2 aromatic rings. The normalized spacial score (nSPS) is 23.2. The van der Waals surface area contributed by atoms with Gasteiger partial charge in [0.05, 0.1) is 29.9 Å². The number of aryl methyl sites for hydroxylation is 1. The molecular weight excluding hydrogens is 338 g/mol. The lowest BCUT2D eigenvalue weighted by atomic mass is 9.94. The molecule has 25 heavy (non-hydrogen) atoms. The van der Waals surface area contributed by atoms with Crippen molar-refractivity contribution >= 4 is 23.2 Å². The Labute approximate surface area is 150 Å². The van der Waals surface area contributed by atoms with Gasteiger partial charge in [-0.25, -0.2) is 4.98 Å². The van der Waals surface area contributed by atoms with E-state index in [0.29, 0.717) is 19.6 Å². The number of fused-ring (bicyclic) bond motifs is 4. The fourth-order valence-corrected chi connectivity index (χ4v) is 4.28. The Morgan fingerprint density at radius 1 is 1.36 bits per heavy atom. The highest BCUT2D eigenvalue weighted by molar-refractivity contribution is 7.07. The summed E-state index contributed by atoms with van der Waals surface area (Å²) in [7, 11) is 0. The average molecular weight is 359 g/mol. The smallest absolute Gasteiger partial charge is 0.244 e. The number of amides is 2. The lowest BCUT2D eigenvalue weighted by molar-refractivity contribution is -0.140. The molecule has 7 nitrogen and oxygen atoms in total. The van der Waals surface area contributed by atoms with E-state index in [9.17, 15) is 9.59 Å². The minimum atomic E-state index is -0.0966. The number of piperidine rings is 1. The molecule has 132 valence electrons. The van der Waals surface area contributed by atoms with Crippen LogP contribution >= 0.6 is 11.3 Å². The Bertz CT molecular complexity index is 772. The van der Waals surface area contributed by atoms with E-state index in [1.165, 1.54) is 11.3 Å². The Morgan fingerprint density at radius 2 is 2.24 bits per heavy atom. The average Bonchev–Trinajstić information content (AvgIpc) is 3.15. The third-order valence-corrected chi connectivity index (χ3v) is 5.66. The predicted octanol–water partition coefficient (Wildman–Crippen LogP) is 1.30. The van der Waals surface area contributed by atoms with E-state index in [1.807, 2.05) is 28.3 Å². The molecule has 3 saturated heterocycles. The van der Waals surface area contributed by atoms with Crippen molar-refractivity contribution in [2.45, 2.75) is 38.9 Å². The van der Waals surface area contributed by atoms with Crippen molar-refractivity contribution in [2.24, 2.45) is 5.92 Å². The molecule has 0 unspecified atom stereocenters. The zero-order chi connectivity index (χ0) is 17.4. The number of nitrogens with zero attached hydrogens (tertiary/aromatic N) is 5. The molecule has 8 heteroatoms. The number of thiazole rings is 1. The second-order valence-corrected chi connectivity index (χ2v) is 7.61. The van der Waals surface area contributed by atoms with Crippen LogP contribution in [0.5, 0.6) is 0 Å².